The molecule has 2 amide bonds. The first-order valence-electron chi connectivity index (χ1n) is 7.32. The van der Waals surface area contributed by atoms with Gasteiger partial charge in [0.05, 0.1) is 0 Å². The molecule has 1 aliphatic rings. The van der Waals surface area contributed by atoms with Crippen LogP contribution in [0.2, 0.25) is 0 Å². The second-order valence-electron chi connectivity index (χ2n) is 5.70. The topological polar surface area (TPSA) is 70.2 Å². The molecule has 0 saturated carbocycles. The minimum Gasteiger partial charge on any atom is -0.356 e. The number of nitrogens with one attached hydrogen (secondary N) is 3. The summed E-state index contributed by atoms with van der Waals surface area (Å²) in [6.45, 7) is 7.27. The van der Waals surface area contributed by atoms with Crippen LogP contribution in [0.3, 0.4) is 0 Å². The fraction of sp³-hybridized carbons (Fsp3) is 0.857. The summed E-state index contributed by atoms with van der Waals surface area (Å²) in [5, 5.41) is 8.95. The van der Waals surface area contributed by atoms with E-state index in [9.17, 15) is 9.59 Å². The molecule has 0 aliphatic carbocycles. The van der Waals surface area contributed by atoms with Crippen LogP contribution in [0.1, 0.15) is 39.5 Å². The third-order valence-corrected chi connectivity index (χ3v) is 3.31. The third kappa shape index (κ3) is 7.82. The van der Waals surface area contributed by atoms with Crippen molar-refractivity contribution >= 4 is 11.8 Å². The zero-order valence-corrected chi connectivity index (χ0v) is 12.1. The van der Waals surface area contributed by atoms with Crippen molar-refractivity contribution in [2.24, 2.45) is 11.8 Å². The molecular formula is C14H27N3O2. The molecule has 0 unspecified atom stereocenters. The smallest absolute Gasteiger partial charge is 0.221 e. The van der Waals surface area contributed by atoms with Crippen LogP contribution in [-0.2, 0) is 9.59 Å². The molecule has 1 heterocycles. The van der Waals surface area contributed by atoms with Crippen molar-refractivity contribution in [2.45, 2.75) is 39.5 Å². The molecule has 0 radical (unpaired) electrons. The van der Waals surface area contributed by atoms with E-state index in [0.717, 1.165) is 25.9 Å². The van der Waals surface area contributed by atoms with E-state index in [2.05, 4.69) is 29.8 Å². The lowest BCUT2D eigenvalue weighted by Crippen LogP contribution is -2.34. The Morgan fingerprint density at radius 3 is 2.47 bits per heavy atom. The van der Waals surface area contributed by atoms with Gasteiger partial charge in [-0.3, -0.25) is 9.59 Å². The molecule has 0 aromatic rings. The fourth-order valence-corrected chi connectivity index (χ4v) is 2.14. The highest BCUT2D eigenvalue weighted by atomic mass is 16.2. The molecule has 0 spiro atoms. The Morgan fingerprint density at radius 1 is 1.16 bits per heavy atom. The maximum atomic E-state index is 11.7. The van der Waals surface area contributed by atoms with E-state index in [4.69, 9.17) is 0 Å². The molecule has 5 heteroatoms. The molecule has 1 aliphatic heterocycles. The van der Waals surface area contributed by atoms with E-state index < -0.39 is 0 Å². The fourth-order valence-electron chi connectivity index (χ4n) is 2.14. The largest absolute Gasteiger partial charge is 0.356 e. The number of rotatable bonds is 7. The van der Waals surface area contributed by atoms with Crippen LogP contribution in [0.15, 0.2) is 0 Å². The Kier molecular flexibility index (Phi) is 7.48. The lowest BCUT2D eigenvalue weighted by Gasteiger charge is -2.21. The van der Waals surface area contributed by atoms with Gasteiger partial charge in [-0.05, 0) is 37.8 Å². The Hall–Kier alpha value is -1.10. The van der Waals surface area contributed by atoms with Crippen LogP contribution in [0, 0.1) is 11.8 Å². The van der Waals surface area contributed by atoms with Gasteiger partial charge in [0.25, 0.3) is 0 Å². The summed E-state index contributed by atoms with van der Waals surface area (Å²) in [5.74, 6) is 1.04. The van der Waals surface area contributed by atoms with Gasteiger partial charge >= 0.3 is 0 Å². The molecule has 0 aromatic carbocycles. The highest BCUT2D eigenvalue weighted by molar-refractivity contribution is 5.79. The quantitative estimate of drug-likeness (QED) is 0.636. The van der Waals surface area contributed by atoms with E-state index >= 15 is 0 Å². The SMILES string of the molecule is CC(C)CNC(=O)CCNC(=O)CC1CCNCC1. The van der Waals surface area contributed by atoms with Crippen molar-refractivity contribution in [1.82, 2.24) is 16.0 Å². The van der Waals surface area contributed by atoms with Crippen molar-refractivity contribution in [3.05, 3.63) is 0 Å². The number of carbonyl (C=O) groups is 2. The Morgan fingerprint density at radius 2 is 1.84 bits per heavy atom. The molecule has 0 bridgehead atoms. The molecule has 19 heavy (non-hydrogen) atoms. The first-order chi connectivity index (χ1) is 9.08. The lowest BCUT2D eigenvalue weighted by atomic mass is 9.94. The summed E-state index contributed by atoms with van der Waals surface area (Å²) < 4.78 is 0. The van der Waals surface area contributed by atoms with Crippen molar-refractivity contribution in [1.29, 1.82) is 0 Å². The van der Waals surface area contributed by atoms with Gasteiger partial charge in [0, 0.05) is 25.9 Å². The average molecular weight is 269 g/mol. The van der Waals surface area contributed by atoms with Gasteiger partial charge in [0.15, 0.2) is 0 Å². The van der Waals surface area contributed by atoms with Crippen LogP contribution in [-0.4, -0.2) is 38.0 Å². The lowest BCUT2D eigenvalue weighted by molar-refractivity contribution is -0.123. The minimum atomic E-state index is 0.0101. The van der Waals surface area contributed by atoms with Crippen LogP contribution in [0.4, 0.5) is 0 Å². The van der Waals surface area contributed by atoms with E-state index in [1.54, 1.807) is 0 Å². The third-order valence-electron chi connectivity index (χ3n) is 3.31. The summed E-state index contributed by atoms with van der Waals surface area (Å²) in [7, 11) is 0. The van der Waals surface area contributed by atoms with Crippen molar-refractivity contribution in [3.8, 4) is 0 Å². The number of amides is 2. The Balaban J connectivity index is 2.04. The summed E-state index contributed by atoms with van der Waals surface area (Å²) in [6, 6.07) is 0. The van der Waals surface area contributed by atoms with Crippen LogP contribution in [0.25, 0.3) is 0 Å². The number of carbonyl (C=O) groups excluding carboxylic acids is 2. The van der Waals surface area contributed by atoms with Crippen molar-refractivity contribution < 1.29 is 9.59 Å². The van der Waals surface area contributed by atoms with Crippen molar-refractivity contribution in [2.75, 3.05) is 26.2 Å². The van der Waals surface area contributed by atoms with E-state index in [-0.39, 0.29) is 11.8 Å². The monoisotopic (exact) mass is 269 g/mol. The van der Waals surface area contributed by atoms with Gasteiger partial charge in [0.1, 0.15) is 0 Å². The van der Waals surface area contributed by atoms with E-state index in [0.29, 0.717) is 37.8 Å². The van der Waals surface area contributed by atoms with Crippen LogP contribution in [0.5, 0.6) is 0 Å². The van der Waals surface area contributed by atoms with Crippen LogP contribution >= 0.6 is 0 Å². The first kappa shape index (κ1) is 16.0. The average Bonchev–Trinajstić information content (AvgIpc) is 2.37. The number of hydrogen-bond donors (Lipinski definition) is 3. The van der Waals surface area contributed by atoms with Crippen LogP contribution < -0.4 is 16.0 Å². The summed E-state index contributed by atoms with van der Waals surface area (Å²) >= 11 is 0. The van der Waals surface area contributed by atoms with Gasteiger partial charge in [-0.25, -0.2) is 0 Å². The summed E-state index contributed by atoms with van der Waals surface area (Å²) in [5.41, 5.74) is 0. The molecule has 5 nitrogen and oxygen atoms in total. The number of piperidine rings is 1. The molecule has 1 rings (SSSR count). The van der Waals surface area contributed by atoms with Gasteiger partial charge < -0.3 is 16.0 Å². The predicted octanol–water partition coefficient (Wildman–Crippen LogP) is 0.655. The maximum absolute atomic E-state index is 11.7. The Labute approximate surface area is 115 Å². The normalized spacial score (nSPS) is 16.4. The number of hydrogen-bond acceptors (Lipinski definition) is 3. The molecule has 1 saturated heterocycles. The Bertz CT molecular complexity index is 286. The highest BCUT2D eigenvalue weighted by Crippen LogP contribution is 2.15. The summed E-state index contributed by atoms with van der Waals surface area (Å²) in [6.07, 6.45) is 3.10. The maximum Gasteiger partial charge on any atom is 0.221 e. The van der Waals surface area contributed by atoms with Gasteiger partial charge in [-0.1, -0.05) is 13.8 Å². The molecule has 1 fully saturated rings. The second-order valence-corrected chi connectivity index (χ2v) is 5.70. The van der Waals surface area contributed by atoms with E-state index in [1.807, 2.05) is 0 Å². The molecule has 0 atom stereocenters. The molecule has 3 N–H and O–H groups in total. The summed E-state index contributed by atoms with van der Waals surface area (Å²) in [4.78, 5) is 23.1. The van der Waals surface area contributed by atoms with Gasteiger partial charge in [-0.2, -0.15) is 0 Å². The minimum absolute atomic E-state index is 0.0101. The van der Waals surface area contributed by atoms with Crippen molar-refractivity contribution in [3.63, 3.8) is 0 Å². The molecule has 110 valence electrons. The van der Waals surface area contributed by atoms with E-state index in [1.165, 1.54) is 0 Å². The van der Waals surface area contributed by atoms with Gasteiger partial charge in [0.2, 0.25) is 11.8 Å². The predicted molar refractivity (Wildman–Crippen MR) is 75.7 cm³/mol. The second kappa shape index (κ2) is 8.91. The molecular weight excluding hydrogens is 242 g/mol. The zero-order chi connectivity index (χ0) is 14.1. The zero-order valence-electron chi connectivity index (χ0n) is 12.1. The van der Waals surface area contributed by atoms with Gasteiger partial charge in [-0.15, -0.1) is 0 Å². The first-order valence-corrected chi connectivity index (χ1v) is 7.32. The highest BCUT2D eigenvalue weighted by Gasteiger charge is 2.16. The standard InChI is InChI=1S/C14H27N3O2/c1-11(2)10-17-13(18)5-8-16-14(19)9-12-3-6-15-7-4-12/h11-12,15H,3-10H2,1-2H3,(H,16,19)(H,17,18). The molecule has 0 aromatic heterocycles.